The molecule has 0 atom stereocenters. The van der Waals surface area contributed by atoms with Gasteiger partial charge in [-0.15, -0.1) is 0 Å². The zero-order valence-corrected chi connectivity index (χ0v) is 13.9. The largest absolute Gasteiger partial charge is 0.383 e. The molecule has 2 amide bonds. The summed E-state index contributed by atoms with van der Waals surface area (Å²) in [6.07, 6.45) is 0. The van der Waals surface area contributed by atoms with E-state index in [9.17, 15) is 9.59 Å². The number of fused-ring (bicyclic) bond motifs is 1. The summed E-state index contributed by atoms with van der Waals surface area (Å²) in [5.74, 6) is -0.644. The summed E-state index contributed by atoms with van der Waals surface area (Å²) in [6.45, 7) is 5.99. The van der Waals surface area contributed by atoms with Crippen molar-refractivity contribution in [2.75, 3.05) is 10.2 Å². The quantitative estimate of drug-likeness (QED) is 0.856. The van der Waals surface area contributed by atoms with E-state index in [2.05, 4.69) is 19.2 Å². The average Bonchev–Trinajstić information content (AvgIpc) is 2.71. The fourth-order valence-corrected chi connectivity index (χ4v) is 2.93. The van der Waals surface area contributed by atoms with Crippen molar-refractivity contribution in [3.8, 4) is 0 Å². The monoisotopic (exact) mass is 328 g/mol. The summed E-state index contributed by atoms with van der Waals surface area (Å²) >= 11 is 5.94. The van der Waals surface area contributed by atoms with Crippen LogP contribution >= 0.6 is 11.6 Å². The van der Waals surface area contributed by atoms with Crippen molar-refractivity contribution in [3.63, 3.8) is 0 Å². The van der Waals surface area contributed by atoms with E-state index in [1.54, 1.807) is 24.3 Å². The molecule has 0 unspecified atom stereocenters. The van der Waals surface area contributed by atoms with Crippen molar-refractivity contribution in [1.29, 1.82) is 0 Å². The van der Waals surface area contributed by atoms with Crippen molar-refractivity contribution in [3.05, 3.63) is 58.1 Å². The normalized spacial score (nSPS) is 13.7. The van der Waals surface area contributed by atoms with Crippen LogP contribution < -0.4 is 10.2 Å². The van der Waals surface area contributed by atoms with Gasteiger partial charge < -0.3 is 5.32 Å². The molecule has 0 saturated carbocycles. The number of amides is 2. The van der Waals surface area contributed by atoms with Crippen molar-refractivity contribution in [2.45, 2.75) is 26.8 Å². The highest BCUT2D eigenvalue weighted by molar-refractivity contribution is 6.36. The van der Waals surface area contributed by atoms with Crippen molar-refractivity contribution in [2.24, 2.45) is 0 Å². The Morgan fingerprint density at radius 1 is 1.00 bits per heavy atom. The van der Waals surface area contributed by atoms with Gasteiger partial charge in [-0.3, -0.25) is 9.59 Å². The second-order valence-electron chi connectivity index (χ2n) is 5.94. The number of halogens is 1. The summed E-state index contributed by atoms with van der Waals surface area (Å²) < 4.78 is 0. The first-order valence-corrected chi connectivity index (χ1v) is 7.82. The van der Waals surface area contributed by atoms with Gasteiger partial charge in [-0.05, 0) is 62.7 Å². The van der Waals surface area contributed by atoms with E-state index in [-0.39, 0.29) is 11.8 Å². The van der Waals surface area contributed by atoms with Crippen LogP contribution in [0.15, 0.2) is 36.4 Å². The number of aryl methyl sites for hydroxylation is 1. The summed E-state index contributed by atoms with van der Waals surface area (Å²) in [7, 11) is 0. The molecular formula is C18H17ClN2O2. The van der Waals surface area contributed by atoms with Crippen molar-refractivity contribution < 1.29 is 9.59 Å². The van der Waals surface area contributed by atoms with Crippen molar-refractivity contribution in [1.82, 2.24) is 0 Å². The molecule has 0 spiro atoms. The fraction of sp³-hybridized carbons (Fsp3) is 0.222. The van der Waals surface area contributed by atoms with Crippen molar-refractivity contribution >= 4 is 34.8 Å². The number of rotatable bonds is 3. The molecule has 5 heteroatoms. The Balaban J connectivity index is 2.00. The standard InChI is InChI=1S/C18H17ClN2O2/c1-10(2)20-13-5-7-16(11(3)8-13)21-17(22)14-6-4-12(19)9-15(14)18(21)23/h4-10,20H,1-3H3. The SMILES string of the molecule is Cc1cc(NC(C)C)ccc1N1C(=O)c2ccc(Cl)cc2C1=O. The number of anilines is 2. The average molecular weight is 329 g/mol. The minimum absolute atomic E-state index is 0.307. The second-order valence-corrected chi connectivity index (χ2v) is 6.37. The molecule has 1 aliphatic rings. The van der Waals surface area contributed by atoms with Gasteiger partial charge in [0, 0.05) is 16.8 Å². The van der Waals surface area contributed by atoms with E-state index >= 15 is 0 Å². The molecule has 2 aromatic carbocycles. The Hall–Kier alpha value is -2.33. The first kappa shape index (κ1) is 15.6. The Morgan fingerprint density at radius 2 is 1.70 bits per heavy atom. The van der Waals surface area contributed by atoms with Crippen LogP contribution in [-0.2, 0) is 0 Å². The maximum absolute atomic E-state index is 12.6. The van der Waals surface area contributed by atoms with Gasteiger partial charge in [-0.25, -0.2) is 4.90 Å². The molecule has 0 radical (unpaired) electrons. The first-order valence-electron chi connectivity index (χ1n) is 7.44. The van der Waals surface area contributed by atoms with Crippen LogP contribution in [0.3, 0.4) is 0 Å². The van der Waals surface area contributed by atoms with Crippen LogP contribution in [0.25, 0.3) is 0 Å². The van der Waals surface area contributed by atoms with Crippen LogP contribution in [0, 0.1) is 6.92 Å². The topological polar surface area (TPSA) is 49.4 Å². The van der Waals surface area contributed by atoms with Gasteiger partial charge in [0.2, 0.25) is 0 Å². The molecule has 2 aromatic rings. The number of carbonyl (C=O) groups is 2. The molecule has 4 nitrogen and oxygen atoms in total. The lowest BCUT2D eigenvalue weighted by Crippen LogP contribution is -2.30. The van der Waals surface area contributed by atoms with E-state index < -0.39 is 0 Å². The van der Waals surface area contributed by atoms with Gasteiger partial charge in [-0.2, -0.15) is 0 Å². The molecule has 0 fully saturated rings. The third kappa shape index (κ3) is 2.70. The number of nitrogens with zero attached hydrogens (tertiary/aromatic N) is 1. The molecule has 1 N–H and O–H groups in total. The molecule has 1 aliphatic heterocycles. The summed E-state index contributed by atoms with van der Waals surface area (Å²) in [5, 5.41) is 3.75. The number of imide groups is 1. The Labute approximate surface area is 140 Å². The maximum Gasteiger partial charge on any atom is 0.266 e. The predicted molar refractivity (Wildman–Crippen MR) is 92.5 cm³/mol. The van der Waals surface area contributed by atoms with E-state index in [0.29, 0.717) is 27.9 Å². The Bertz CT molecular complexity index is 815. The Kier molecular flexibility index (Phi) is 3.86. The molecular weight excluding hydrogens is 312 g/mol. The number of benzene rings is 2. The molecule has 0 aliphatic carbocycles. The minimum Gasteiger partial charge on any atom is -0.383 e. The molecule has 3 rings (SSSR count). The highest BCUT2D eigenvalue weighted by atomic mass is 35.5. The number of nitrogens with one attached hydrogen (secondary N) is 1. The molecule has 0 bridgehead atoms. The van der Waals surface area contributed by atoms with Gasteiger partial charge in [0.15, 0.2) is 0 Å². The van der Waals surface area contributed by atoms with Crippen LogP contribution in [0.1, 0.15) is 40.1 Å². The number of carbonyl (C=O) groups excluding carboxylic acids is 2. The van der Waals surface area contributed by atoms with Gasteiger partial charge in [-0.1, -0.05) is 11.6 Å². The van der Waals surface area contributed by atoms with Crippen LogP contribution in [0.5, 0.6) is 0 Å². The minimum atomic E-state index is -0.333. The third-order valence-corrected chi connectivity index (χ3v) is 3.98. The van der Waals surface area contributed by atoms with Crippen LogP contribution in [0.4, 0.5) is 11.4 Å². The van der Waals surface area contributed by atoms with Gasteiger partial charge in [0.05, 0.1) is 16.8 Å². The molecule has 118 valence electrons. The summed E-state index contributed by atoms with van der Waals surface area (Å²) in [5.41, 5.74) is 3.16. The van der Waals surface area contributed by atoms with E-state index in [1.807, 2.05) is 19.1 Å². The molecule has 0 saturated heterocycles. The summed E-state index contributed by atoms with van der Waals surface area (Å²) in [4.78, 5) is 26.4. The first-order chi connectivity index (χ1) is 10.9. The fourth-order valence-electron chi connectivity index (χ4n) is 2.76. The molecule has 0 aromatic heterocycles. The lowest BCUT2D eigenvalue weighted by molar-refractivity contribution is 0.0926. The molecule has 1 heterocycles. The lowest BCUT2D eigenvalue weighted by atomic mass is 10.1. The number of hydrogen-bond donors (Lipinski definition) is 1. The van der Waals surface area contributed by atoms with E-state index in [0.717, 1.165) is 11.3 Å². The smallest absolute Gasteiger partial charge is 0.266 e. The predicted octanol–water partition coefficient (Wildman–Crippen LogP) is 4.27. The highest BCUT2D eigenvalue weighted by Crippen LogP contribution is 2.33. The van der Waals surface area contributed by atoms with E-state index in [4.69, 9.17) is 11.6 Å². The Morgan fingerprint density at radius 3 is 2.35 bits per heavy atom. The lowest BCUT2D eigenvalue weighted by Gasteiger charge is -2.18. The maximum atomic E-state index is 12.6. The zero-order chi connectivity index (χ0) is 16.7. The van der Waals surface area contributed by atoms with Crippen LogP contribution in [-0.4, -0.2) is 17.9 Å². The van der Waals surface area contributed by atoms with Gasteiger partial charge in [0.1, 0.15) is 0 Å². The zero-order valence-electron chi connectivity index (χ0n) is 13.2. The van der Waals surface area contributed by atoms with Gasteiger partial charge >= 0.3 is 0 Å². The second kappa shape index (κ2) is 5.70. The molecule has 23 heavy (non-hydrogen) atoms. The van der Waals surface area contributed by atoms with Crippen LogP contribution in [0.2, 0.25) is 5.02 Å². The van der Waals surface area contributed by atoms with Gasteiger partial charge in [0.25, 0.3) is 11.8 Å². The number of hydrogen-bond acceptors (Lipinski definition) is 3. The summed E-state index contributed by atoms with van der Waals surface area (Å²) in [6, 6.07) is 10.7. The van der Waals surface area contributed by atoms with E-state index in [1.165, 1.54) is 4.90 Å². The highest BCUT2D eigenvalue weighted by Gasteiger charge is 2.37. The third-order valence-electron chi connectivity index (χ3n) is 3.74.